The Balaban J connectivity index is 1.23. The van der Waals surface area contributed by atoms with Crippen molar-refractivity contribution < 1.29 is 4.79 Å². The first kappa shape index (κ1) is 21.7. The van der Waals surface area contributed by atoms with Gasteiger partial charge in [0.2, 0.25) is 5.91 Å². The van der Waals surface area contributed by atoms with Gasteiger partial charge in [-0.15, -0.1) is 0 Å². The van der Waals surface area contributed by atoms with Crippen molar-refractivity contribution in [1.29, 1.82) is 0 Å². The molecule has 2 aliphatic heterocycles. The highest BCUT2D eigenvalue weighted by atomic mass is 35.5. The number of carbonyl (C=O) groups is 1. The molecule has 0 aliphatic carbocycles. The number of aromatic nitrogens is 1. The minimum Gasteiger partial charge on any atom is -0.356 e. The number of likely N-dealkylation sites (tertiary alicyclic amines) is 2. The van der Waals surface area contributed by atoms with Gasteiger partial charge in [-0.05, 0) is 89.0 Å². The molecule has 0 spiro atoms. The molecule has 1 aromatic heterocycles. The van der Waals surface area contributed by atoms with E-state index in [9.17, 15) is 4.79 Å². The molecule has 1 aromatic carbocycles. The Kier molecular flexibility index (Phi) is 7.01. The van der Waals surface area contributed by atoms with Crippen LogP contribution in [0.2, 0.25) is 5.02 Å². The zero-order valence-corrected chi connectivity index (χ0v) is 19.1. The first-order valence-corrected chi connectivity index (χ1v) is 11.9. The lowest BCUT2D eigenvalue weighted by molar-refractivity contribution is -0.126. The first-order chi connectivity index (χ1) is 14.5. The molecule has 2 saturated heterocycles. The zero-order chi connectivity index (χ0) is 21.1. The number of carbonyl (C=O) groups excluding carboxylic acids is 1. The molecule has 1 atom stereocenters. The van der Waals surface area contributed by atoms with Crippen LogP contribution in [-0.2, 0) is 18.4 Å². The molecule has 30 heavy (non-hydrogen) atoms. The van der Waals surface area contributed by atoms with Crippen LogP contribution in [-0.4, -0.2) is 59.0 Å². The molecular weight excluding hydrogens is 396 g/mol. The molecule has 0 unspecified atom stereocenters. The van der Waals surface area contributed by atoms with Gasteiger partial charge >= 0.3 is 0 Å². The van der Waals surface area contributed by atoms with E-state index >= 15 is 0 Å². The van der Waals surface area contributed by atoms with Gasteiger partial charge in [0.1, 0.15) is 0 Å². The van der Waals surface area contributed by atoms with Gasteiger partial charge in [0, 0.05) is 54.2 Å². The Hall–Kier alpha value is -1.56. The molecule has 4 rings (SSSR count). The number of halogens is 1. The quantitative estimate of drug-likeness (QED) is 0.720. The van der Waals surface area contributed by atoms with Gasteiger partial charge < -0.3 is 14.8 Å². The van der Waals surface area contributed by atoms with Crippen LogP contribution in [0.25, 0.3) is 10.9 Å². The van der Waals surface area contributed by atoms with Crippen LogP contribution in [0.1, 0.15) is 44.6 Å². The highest BCUT2D eigenvalue weighted by Crippen LogP contribution is 2.27. The summed E-state index contributed by atoms with van der Waals surface area (Å²) in [7, 11) is 2.08. The van der Waals surface area contributed by atoms with E-state index in [2.05, 4.69) is 52.0 Å². The molecule has 2 aliphatic rings. The maximum Gasteiger partial charge on any atom is 0.223 e. The fraction of sp³-hybridized carbons (Fsp3) is 0.625. The van der Waals surface area contributed by atoms with Crippen LogP contribution >= 0.6 is 11.6 Å². The summed E-state index contributed by atoms with van der Waals surface area (Å²) in [5, 5.41) is 5.22. The third kappa shape index (κ3) is 5.01. The Labute approximate surface area is 185 Å². The van der Waals surface area contributed by atoms with Gasteiger partial charge in [0.25, 0.3) is 0 Å². The van der Waals surface area contributed by atoms with Crippen LogP contribution < -0.4 is 5.32 Å². The second-order valence-corrected chi connectivity index (χ2v) is 9.59. The van der Waals surface area contributed by atoms with Crippen molar-refractivity contribution in [2.75, 3.05) is 32.7 Å². The molecule has 0 saturated carbocycles. The maximum atomic E-state index is 12.6. The van der Waals surface area contributed by atoms with Crippen LogP contribution in [0.3, 0.4) is 0 Å². The van der Waals surface area contributed by atoms with Crippen molar-refractivity contribution in [3.8, 4) is 0 Å². The normalized spacial score (nSPS) is 20.1. The Morgan fingerprint density at radius 2 is 1.93 bits per heavy atom. The van der Waals surface area contributed by atoms with Gasteiger partial charge in [0.15, 0.2) is 0 Å². The Morgan fingerprint density at radius 1 is 1.20 bits per heavy atom. The molecule has 164 valence electrons. The average Bonchev–Trinajstić information content (AvgIpc) is 3.37. The third-order valence-corrected chi connectivity index (χ3v) is 7.25. The van der Waals surface area contributed by atoms with Gasteiger partial charge in [-0.1, -0.05) is 11.6 Å². The summed E-state index contributed by atoms with van der Waals surface area (Å²) in [6.07, 6.45) is 7.79. The van der Waals surface area contributed by atoms with E-state index in [1.165, 1.54) is 42.4 Å². The minimum absolute atomic E-state index is 0.158. The smallest absolute Gasteiger partial charge is 0.223 e. The van der Waals surface area contributed by atoms with Crippen molar-refractivity contribution in [2.24, 2.45) is 13.0 Å². The van der Waals surface area contributed by atoms with Crippen molar-refractivity contribution in [1.82, 2.24) is 19.7 Å². The fourth-order valence-electron chi connectivity index (χ4n) is 5.08. The van der Waals surface area contributed by atoms with E-state index in [1.54, 1.807) is 0 Å². The number of amides is 1. The minimum atomic E-state index is 0.158. The summed E-state index contributed by atoms with van der Waals surface area (Å²) in [6, 6.07) is 6.67. The van der Waals surface area contributed by atoms with E-state index in [0.717, 1.165) is 50.5 Å². The monoisotopic (exact) mass is 430 g/mol. The molecule has 1 amide bonds. The molecule has 3 heterocycles. The van der Waals surface area contributed by atoms with Gasteiger partial charge in [0.05, 0.1) is 0 Å². The van der Waals surface area contributed by atoms with Crippen LogP contribution in [0.4, 0.5) is 0 Å². The number of fused-ring (bicyclic) bond motifs is 1. The van der Waals surface area contributed by atoms with Crippen molar-refractivity contribution >= 4 is 28.4 Å². The van der Waals surface area contributed by atoms with E-state index in [0.29, 0.717) is 6.04 Å². The largest absolute Gasteiger partial charge is 0.356 e. The number of nitrogens with one attached hydrogen (secondary N) is 1. The number of benzene rings is 1. The SMILES string of the molecule is C[C@@H](CCNC(=O)C1CCN(Cc2cn(C)c3ccc(Cl)cc23)CC1)N1CCCC1. The van der Waals surface area contributed by atoms with Gasteiger partial charge in [-0.2, -0.15) is 0 Å². The molecule has 0 radical (unpaired) electrons. The summed E-state index contributed by atoms with van der Waals surface area (Å²) < 4.78 is 2.17. The van der Waals surface area contributed by atoms with Crippen LogP contribution in [0, 0.1) is 5.92 Å². The van der Waals surface area contributed by atoms with Crippen molar-refractivity contribution in [2.45, 2.75) is 51.6 Å². The van der Waals surface area contributed by atoms with E-state index < -0.39 is 0 Å². The fourth-order valence-corrected chi connectivity index (χ4v) is 5.25. The van der Waals surface area contributed by atoms with E-state index in [-0.39, 0.29) is 11.8 Å². The zero-order valence-electron chi connectivity index (χ0n) is 18.4. The van der Waals surface area contributed by atoms with Crippen molar-refractivity contribution in [3.63, 3.8) is 0 Å². The molecule has 6 heteroatoms. The summed E-state index contributed by atoms with van der Waals surface area (Å²) in [6.45, 7) is 8.38. The average molecular weight is 431 g/mol. The van der Waals surface area contributed by atoms with Crippen LogP contribution in [0.15, 0.2) is 24.4 Å². The first-order valence-electron chi connectivity index (χ1n) is 11.5. The highest BCUT2D eigenvalue weighted by molar-refractivity contribution is 6.31. The lowest BCUT2D eigenvalue weighted by Gasteiger charge is -2.31. The molecule has 2 fully saturated rings. The molecule has 1 N–H and O–H groups in total. The number of nitrogens with zero attached hydrogens (tertiary/aromatic N) is 3. The predicted octanol–water partition coefficient (Wildman–Crippen LogP) is 4.03. The Morgan fingerprint density at radius 3 is 2.67 bits per heavy atom. The lowest BCUT2D eigenvalue weighted by Crippen LogP contribution is -2.41. The number of rotatable bonds is 7. The summed E-state index contributed by atoms with van der Waals surface area (Å²) in [5.74, 6) is 0.408. The molecule has 2 aromatic rings. The number of piperidine rings is 1. The highest BCUT2D eigenvalue weighted by Gasteiger charge is 2.26. The lowest BCUT2D eigenvalue weighted by atomic mass is 9.95. The number of hydrogen-bond donors (Lipinski definition) is 1. The number of hydrogen-bond acceptors (Lipinski definition) is 3. The van der Waals surface area contributed by atoms with Crippen molar-refractivity contribution in [3.05, 3.63) is 35.0 Å². The van der Waals surface area contributed by atoms with Gasteiger partial charge in [-0.3, -0.25) is 9.69 Å². The molecule has 5 nitrogen and oxygen atoms in total. The van der Waals surface area contributed by atoms with E-state index in [1.807, 2.05) is 6.07 Å². The maximum absolute atomic E-state index is 12.6. The second kappa shape index (κ2) is 9.71. The number of aryl methyl sites for hydroxylation is 1. The Bertz CT molecular complexity index is 865. The summed E-state index contributed by atoms with van der Waals surface area (Å²) in [4.78, 5) is 17.6. The van der Waals surface area contributed by atoms with Crippen LogP contribution in [0.5, 0.6) is 0 Å². The third-order valence-electron chi connectivity index (χ3n) is 7.01. The molecule has 0 bridgehead atoms. The molecular formula is C24H35ClN4O. The van der Waals surface area contributed by atoms with Gasteiger partial charge in [-0.25, -0.2) is 0 Å². The summed E-state index contributed by atoms with van der Waals surface area (Å²) in [5.41, 5.74) is 2.53. The standard InChI is InChI=1S/C24H35ClN4O/c1-18(29-11-3-4-12-29)7-10-26-24(30)19-8-13-28(14-9-19)17-20-16-27(2)23-6-5-21(25)15-22(20)23/h5-6,15-16,18-19H,3-4,7-14,17H2,1-2H3,(H,26,30)/t18-/m0/s1. The summed E-state index contributed by atoms with van der Waals surface area (Å²) >= 11 is 6.22. The topological polar surface area (TPSA) is 40.5 Å². The van der Waals surface area contributed by atoms with E-state index in [4.69, 9.17) is 11.6 Å². The predicted molar refractivity (Wildman–Crippen MR) is 124 cm³/mol. The second-order valence-electron chi connectivity index (χ2n) is 9.15.